The molecule has 214 valence electrons. The van der Waals surface area contributed by atoms with Gasteiger partial charge in [0.15, 0.2) is 0 Å². The molecule has 0 unspecified atom stereocenters. The summed E-state index contributed by atoms with van der Waals surface area (Å²) in [7, 11) is 0. The normalized spacial score (nSPS) is 18.8. The number of phenols is 1. The number of phenolic OH excluding ortho intramolecular Hbond substituents is 1. The van der Waals surface area contributed by atoms with E-state index >= 15 is 4.39 Å². The van der Waals surface area contributed by atoms with Crippen molar-refractivity contribution in [2.24, 2.45) is 0 Å². The Hall–Kier alpha value is -1.53. The molecule has 2 aliphatic rings. The molecule has 14 heteroatoms. The summed E-state index contributed by atoms with van der Waals surface area (Å²) >= 11 is 2.73. The van der Waals surface area contributed by atoms with E-state index in [1.165, 1.54) is 12.1 Å². The second-order valence-electron chi connectivity index (χ2n) is 10.1. The Bertz CT molecular complexity index is 1690. The van der Waals surface area contributed by atoms with E-state index in [9.17, 15) is 18.3 Å². The average Bonchev–Trinajstić information content (AvgIpc) is 3.57. The van der Waals surface area contributed by atoms with E-state index in [2.05, 4.69) is 32.8 Å². The van der Waals surface area contributed by atoms with Crippen LogP contribution in [0.3, 0.4) is 0 Å². The molecule has 4 N–H and O–H groups in total. The van der Waals surface area contributed by atoms with Gasteiger partial charge in [0.1, 0.15) is 29.5 Å². The van der Waals surface area contributed by atoms with Crippen molar-refractivity contribution in [3.8, 4) is 22.9 Å². The second-order valence-corrected chi connectivity index (χ2v) is 12.2. The number of nitrogen functional groups attached to an aromatic ring is 1. The van der Waals surface area contributed by atoms with Gasteiger partial charge in [-0.15, -0.1) is 17.7 Å². The van der Waals surface area contributed by atoms with Crippen molar-refractivity contribution in [1.82, 2.24) is 14.9 Å². The number of nitrogens with zero attached hydrogens (tertiary/aromatic N) is 3. The number of nitrogens with one attached hydrogen (secondary N) is 1. The molecule has 2 aliphatic heterocycles. The molecule has 1 atom stereocenters. The zero-order valence-electron chi connectivity index (χ0n) is 21.5. The van der Waals surface area contributed by atoms with Crippen LogP contribution in [0.2, 0.25) is 0 Å². The predicted molar refractivity (Wildman–Crippen MR) is 155 cm³/mol. The molecule has 0 saturated carbocycles. The predicted octanol–water partition coefficient (Wildman–Crippen LogP) is 6.33. The fraction of sp³-hybridized carbons (Fsp3) is 0.333. The van der Waals surface area contributed by atoms with Gasteiger partial charge in [-0.3, -0.25) is 4.90 Å². The maximum absolute atomic E-state index is 16.4. The van der Waals surface area contributed by atoms with E-state index in [1.807, 2.05) is 0 Å². The first-order chi connectivity index (χ1) is 19.1. The molecule has 2 saturated heterocycles. The zero-order chi connectivity index (χ0) is 28.3. The Morgan fingerprint density at radius 1 is 1.32 bits per heavy atom. The van der Waals surface area contributed by atoms with E-state index in [0.29, 0.717) is 0 Å². The van der Waals surface area contributed by atoms with Crippen molar-refractivity contribution >= 4 is 65.7 Å². The van der Waals surface area contributed by atoms with Gasteiger partial charge >= 0.3 is 6.01 Å². The Morgan fingerprint density at radius 2 is 2.10 bits per heavy atom. The Balaban J connectivity index is 0.00000337. The van der Waals surface area contributed by atoms with E-state index in [4.69, 9.17) is 10.5 Å². The van der Waals surface area contributed by atoms with Gasteiger partial charge in [0.05, 0.1) is 26.9 Å². The Labute approximate surface area is 284 Å². The summed E-state index contributed by atoms with van der Waals surface area (Å²) < 4.78 is 63.5. The van der Waals surface area contributed by atoms with Crippen molar-refractivity contribution in [3.63, 3.8) is 0 Å². The number of hydrogen-bond donors (Lipinski definition) is 3. The van der Waals surface area contributed by atoms with E-state index < -0.39 is 30.4 Å². The van der Waals surface area contributed by atoms with Crippen LogP contribution in [0, 0.1) is 63.0 Å². The topological polar surface area (TPSA) is 96.5 Å². The van der Waals surface area contributed by atoms with Gasteiger partial charge in [0.2, 0.25) is 0 Å². The molecule has 2 aromatic heterocycles. The summed E-state index contributed by atoms with van der Waals surface area (Å²) in [5.41, 5.74) is 6.54. The van der Waals surface area contributed by atoms with E-state index in [-0.39, 0.29) is 106 Å². The number of aromatic hydroxyl groups is 1. The van der Waals surface area contributed by atoms with Crippen LogP contribution in [-0.4, -0.2) is 58.2 Å². The second kappa shape index (κ2) is 11.9. The van der Waals surface area contributed by atoms with Crippen LogP contribution < -0.4 is 15.8 Å². The molecule has 2 aromatic carbocycles. The molecule has 0 aliphatic carbocycles. The fourth-order valence-corrected chi connectivity index (χ4v) is 7.36. The summed E-state index contributed by atoms with van der Waals surface area (Å²) in [4.78, 5) is 10.8. The van der Waals surface area contributed by atoms with Crippen molar-refractivity contribution in [1.29, 1.82) is 0 Å². The van der Waals surface area contributed by atoms with Gasteiger partial charge in [-0.2, -0.15) is 26.7 Å². The van der Waals surface area contributed by atoms with Crippen molar-refractivity contribution < 1.29 is 69.2 Å². The van der Waals surface area contributed by atoms with Gasteiger partial charge in [-0.25, -0.2) is 17.6 Å². The number of ether oxygens (including phenoxy) is 1. The van der Waals surface area contributed by atoms with Crippen molar-refractivity contribution in [2.45, 2.75) is 31.2 Å². The third-order valence-corrected chi connectivity index (χ3v) is 9.42. The summed E-state index contributed by atoms with van der Waals surface area (Å²) in [5.74, 6) is -1.99. The number of halogens is 5. The smallest absolute Gasteiger partial charge is 0.319 e. The molecule has 7 nitrogen and oxygen atoms in total. The van der Waals surface area contributed by atoms with Crippen LogP contribution in [0.4, 0.5) is 28.4 Å². The molecule has 6 rings (SSSR count). The quantitative estimate of drug-likeness (QED) is 0.0869. The minimum atomic E-state index is -2.73. The maximum Gasteiger partial charge on any atom is 0.319 e. The fourth-order valence-electron chi connectivity index (χ4n) is 5.76. The van der Waals surface area contributed by atoms with Gasteiger partial charge in [0.25, 0.3) is 6.43 Å². The Morgan fingerprint density at radius 3 is 2.85 bits per heavy atom. The summed E-state index contributed by atoms with van der Waals surface area (Å²) in [6.45, 7) is 5.20. The largest absolute Gasteiger partial charge is 0.506 e. The van der Waals surface area contributed by atoms with Gasteiger partial charge in [0, 0.05) is 53.3 Å². The number of thiophene rings is 1. The molecular weight excluding hydrogens is 801 g/mol. The van der Waals surface area contributed by atoms with Crippen LogP contribution in [-0.2, 0) is 0 Å². The molecule has 0 radical (unpaired) electrons. The van der Waals surface area contributed by atoms with Crippen molar-refractivity contribution in [2.75, 3.05) is 37.3 Å². The van der Waals surface area contributed by atoms with Gasteiger partial charge in [-0.1, -0.05) is 12.2 Å². The molecule has 4 aromatic rings. The average molecular weight is 825 g/mol. The first-order valence-corrected chi connectivity index (χ1v) is 14.4. The number of aromatic nitrogens is 2. The van der Waals surface area contributed by atoms with E-state index in [0.717, 1.165) is 49.3 Å². The molecule has 0 spiro atoms. The summed E-state index contributed by atoms with van der Waals surface area (Å²) in [5, 5.41) is 14.0. The third kappa shape index (κ3) is 5.50. The molecule has 2 fully saturated rings. The first kappa shape index (κ1) is 30.9. The summed E-state index contributed by atoms with van der Waals surface area (Å²) in [6.07, 6.45) is -0.108. The molecular formula is C27H23CeF4IN5O2S-. The van der Waals surface area contributed by atoms with Crippen LogP contribution in [0.25, 0.3) is 32.1 Å². The minimum Gasteiger partial charge on any atom is -0.506 e. The molecule has 41 heavy (non-hydrogen) atoms. The third-order valence-electron chi connectivity index (χ3n) is 7.45. The van der Waals surface area contributed by atoms with Crippen LogP contribution in [0.15, 0.2) is 24.3 Å². The number of anilines is 2. The first-order valence-electron chi connectivity index (χ1n) is 12.5. The summed E-state index contributed by atoms with van der Waals surface area (Å²) in [6, 6.07) is 5.20. The maximum atomic E-state index is 16.4. The minimum absolute atomic E-state index is 0. The van der Waals surface area contributed by atoms with Gasteiger partial charge < -0.3 is 20.9 Å². The standard InChI is InChI=1S/C27H23F4IN5O2S.Ce/c1-12-8-27(5-2-6-37(27)10-12)11-39-26-35-22-19(25(36-26)34-9-16(29)30)23(38)21(32)18(20(22)31)13-3-4-15(28)24-14(13)7-17(33)40-24;/h3-4,16,38H,1-2,5-6,8-11,33H2,(H,34,35,36);/q-1;/t27-;/m0./s1. The Kier molecular flexibility index (Phi) is 8.94. The number of nitrogens with two attached hydrogens (primary N) is 1. The number of alkyl halides is 2. The molecule has 0 bridgehead atoms. The number of fused-ring (bicyclic) bond motifs is 3. The number of hydrogen-bond acceptors (Lipinski definition) is 8. The monoisotopic (exact) mass is 824 g/mol. The van der Waals surface area contributed by atoms with Crippen LogP contribution in [0.5, 0.6) is 11.8 Å². The van der Waals surface area contributed by atoms with Gasteiger partial charge in [-0.05, 0) is 64.7 Å². The molecule has 4 heterocycles. The van der Waals surface area contributed by atoms with E-state index in [1.54, 1.807) is 22.6 Å². The zero-order valence-corrected chi connectivity index (χ0v) is 27.6. The SMILES string of the molecule is C=C1CN2CCC[C@@]2(COc2nc(NCC(F)F)c3c(O)c(I)c(-c4ccc(F)c5sc(N)[c-]c45)c(F)c3n2)C1.[Ce]. The number of benzene rings is 2. The van der Waals surface area contributed by atoms with Crippen LogP contribution >= 0.6 is 33.9 Å². The van der Waals surface area contributed by atoms with Crippen molar-refractivity contribution in [3.05, 3.63) is 45.6 Å². The number of rotatable bonds is 7. The molecule has 0 amide bonds. The van der Waals surface area contributed by atoms with Crippen LogP contribution in [0.1, 0.15) is 19.3 Å².